The number of primary amides is 1. The molecule has 3 atom stereocenters. The van der Waals surface area contributed by atoms with Gasteiger partial charge >= 0.3 is 0 Å². The van der Waals surface area contributed by atoms with Gasteiger partial charge in [-0.15, -0.1) is 0 Å². The zero-order valence-electron chi connectivity index (χ0n) is 18.1. The fourth-order valence-electron chi connectivity index (χ4n) is 4.38. The van der Waals surface area contributed by atoms with E-state index in [1.165, 1.54) is 45.0 Å². The number of rotatable bonds is 5. The summed E-state index contributed by atoms with van der Waals surface area (Å²) in [5, 5.41) is 15.0. The van der Waals surface area contributed by atoms with Crippen LogP contribution in [0.25, 0.3) is 6.08 Å². The van der Waals surface area contributed by atoms with Gasteiger partial charge in [0, 0.05) is 29.8 Å². The number of aliphatic hydroxyl groups excluding tert-OH is 1. The Morgan fingerprint density at radius 1 is 1.38 bits per heavy atom. The van der Waals surface area contributed by atoms with E-state index < -0.39 is 5.91 Å². The van der Waals surface area contributed by atoms with Crippen LogP contribution in [-0.2, 0) is 0 Å². The smallest absolute Gasteiger partial charge is 0.269 e. The van der Waals surface area contributed by atoms with Crippen LogP contribution in [0.15, 0.2) is 23.5 Å². The van der Waals surface area contributed by atoms with E-state index in [1.54, 1.807) is 13.1 Å². The van der Waals surface area contributed by atoms with Gasteiger partial charge in [-0.3, -0.25) is 19.8 Å². The van der Waals surface area contributed by atoms with E-state index >= 15 is 0 Å². The molecule has 7 heteroatoms. The summed E-state index contributed by atoms with van der Waals surface area (Å²) in [6.45, 7) is 10.5. The highest BCUT2D eigenvalue weighted by Crippen LogP contribution is 2.57. The minimum Gasteiger partial charge on any atom is -0.514 e. The highest BCUT2D eigenvalue weighted by atomic mass is 16.2. The maximum absolute atomic E-state index is 11.0. The van der Waals surface area contributed by atoms with Crippen LogP contribution in [0.3, 0.4) is 0 Å². The Labute approximate surface area is 173 Å². The number of nitrogens with zero attached hydrogens (tertiary/aromatic N) is 3. The molecule has 160 valence electrons. The molecule has 4 rings (SSSR count). The van der Waals surface area contributed by atoms with Crippen LogP contribution < -0.4 is 5.73 Å². The number of hydrogen-bond donors (Lipinski definition) is 3. The first-order chi connectivity index (χ1) is 14.0. The molecule has 4 N–H and O–H groups in total. The van der Waals surface area contributed by atoms with Crippen LogP contribution in [0, 0.1) is 18.8 Å². The number of hydrogen-bond acceptors (Lipinski definition) is 5. The van der Waals surface area contributed by atoms with Gasteiger partial charge in [0.2, 0.25) is 0 Å². The van der Waals surface area contributed by atoms with Crippen molar-refractivity contribution in [1.29, 1.82) is 0 Å². The number of nitrogens with one attached hydrogen (secondary N) is 1. The molecule has 1 saturated carbocycles. The Morgan fingerprint density at radius 2 is 2.14 bits per heavy atom. The number of carbonyl (C=O) groups excluding carboxylic acids is 1. The highest BCUT2D eigenvalue weighted by Gasteiger charge is 2.59. The molecule has 3 fully saturated rings. The van der Waals surface area contributed by atoms with Crippen LogP contribution in [0.2, 0.25) is 0 Å². The molecule has 1 aromatic heterocycles. The van der Waals surface area contributed by atoms with Crippen molar-refractivity contribution in [3.8, 4) is 0 Å². The molecule has 2 aliphatic heterocycles. The van der Waals surface area contributed by atoms with Crippen molar-refractivity contribution in [2.75, 3.05) is 13.1 Å². The normalized spacial score (nSPS) is 26.0. The Balaban J connectivity index is 0.000000222. The van der Waals surface area contributed by atoms with Gasteiger partial charge in [0.25, 0.3) is 5.91 Å². The molecule has 1 amide bonds. The summed E-state index contributed by atoms with van der Waals surface area (Å²) in [6.07, 6.45) is 13.6. The average Bonchev–Trinajstić information content (AvgIpc) is 3.11. The minimum absolute atomic E-state index is 0.0842. The van der Waals surface area contributed by atoms with Crippen molar-refractivity contribution in [3.05, 3.63) is 35.5 Å². The fourth-order valence-corrected chi connectivity index (χ4v) is 4.38. The van der Waals surface area contributed by atoms with Gasteiger partial charge in [0.1, 0.15) is 0 Å². The SMILES string of the molecule is C1CN2CCC23CCC13.CC.Cc1c(C(N)=O)n[nH]c1/C=C\C(C)C=N/C=C\O. The Bertz CT molecular complexity index is 747. The van der Waals surface area contributed by atoms with E-state index in [0.717, 1.165) is 29.0 Å². The molecule has 3 aliphatic rings. The van der Waals surface area contributed by atoms with Crippen LogP contribution >= 0.6 is 0 Å². The van der Waals surface area contributed by atoms with Gasteiger partial charge in [-0.2, -0.15) is 5.10 Å². The number of H-pyrrole nitrogens is 1. The lowest BCUT2D eigenvalue weighted by molar-refractivity contribution is -0.0659. The summed E-state index contributed by atoms with van der Waals surface area (Å²) in [4.78, 5) is 17.6. The Morgan fingerprint density at radius 3 is 2.59 bits per heavy atom. The first-order valence-electron chi connectivity index (χ1n) is 10.6. The standard InChI is InChI=1S/C12H16N4O2.C8H13N.C2H6/c1-8(7-14-5-6-17)3-4-10-9(2)11(12(13)18)16-15-10;1-3-8-4-6-9(8)5-2-7(1)8;1-2/h3-8,17H,1-2H3,(H2,13,18)(H,15,16);7H,1-6H2;1-2H3/b4-3-,6-5-,14-7?;;. The highest BCUT2D eigenvalue weighted by molar-refractivity contribution is 5.93. The van der Waals surface area contributed by atoms with Crippen LogP contribution in [0.5, 0.6) is 0 Å². The summed E-state index contributed by atoms with van der Waals surface area (Å²) in [5.41, 5.74) is 7.68. The summed E-state index contributed by atoms with van der Waals surface area (Å²) in [5.74, 6) is 0.665. The van der Waals surface area contributed by atoms with Crippen molar-refractivity contribution in [2.45, 2.75) is 58.9 Å². The molecule has 3 heterocycles. The molecule has 2 saturated heterocycles. The van der Waals surface area contributed by atoms with Gasteiger partial charge in [0.05, 0.1) is 18.2 Å². The number of carbonyl (C=O) groups is 1. The summed E-state index contributed by atoms with van der Waals surface area (Å²) in [6, 6.07) is 0. The molecule has 3 unspecified atom stereocenters. The lowest BCUT2D eigenvalue weighted by atomic mass is 9.62. The molecule has 29 heavy (non-hydrogen) atoms. The largest absolute Gasteiger partial charge is 0.514 e. The lowest BCUT2D eigenvalue weighted by Gasteiger charge is -2.58. The second-order valence-corrected chi connectivity index (χ2v) is 7.65. The molecule has 7 nitrogen and oxygen atoms in total. The summed E-state index contributed by atoms with van der Waals surface area (Å²) >= 11 is 0. The third-order valence-electron chi connectivity index (χ3n) is 6.20. The van der Waals surface area contributed by atoms with Crippen molar-refractivity contribution in [3.63, 3.8) is 0 Å². The topological polar surface area (TPSA) is 108 Å². The number of aliphatic imine (C=N–C) groups is 1. The van der Waals surface area contributed by atoms with E-state index in [0.29, 0.717) is 0 Å². The monoisotopic (exact) mass is 401 g/mol. The second kappa shape index (κ2) is 10.4. The maximum atomic E-state index is 11.0. The predicted octanol–water partition coefficient (Wildman–Crippen LogP) is 3.84. The fraction of sp³-hybridized carbons (Fsp3) is 0.591. The Hall–Kier alpha value is -2.41. The number of amides is 1. The van der Waals surface area contributed by atoms with Gasteiger partial charge < -0.3 is 10.8 Å². The average molecular weight is 402 g/mol. The number of aromatic amines is 1. The molecule has 1 aliphatic carbocycles. The van der Waals surface area contributed by atoms with E-state index in [2.05, 4.69) is 20.1 Å². The van der Waals surface area contributed by atoms with Crippen molar-refractivity contribution < 1.29 is 9.90 Å². The van der Waals surface area contributed by atoms with Gasteiger partial charge in [0.15, 0.2) is 5.69 Å². The second-order valence-electron chi connectivity index (χ2n) is 7.65. The summed E-state index contributed by atoms with van der Waals surface area (Å²) < 4.78 is 0. The van der Waals surface area contributed by atoms with E-state index in [-0.39, 0.29) is 11.6 Å². The van der Waals surface area contributed by atoms with Gasteiger partial charge in [-0.25, -0.2) is 0 Å². The number of allylic oxidation sites excluding steroid dienone is 1. The van der Waals surface area contributed by atoms with Gasteiger partial charge in [-0.05, 0) is 51.1 Å². The quantitative estimate of drug-likeness (QED) is 0.514. The summed E-state index contributed by atoms with van der Waals surface area (Å²) in [7, 11) is 0. The third kappa shape index (κ3) is 4.96. The van der Waals surface area contributed by atoms with E-state index in [1.807, 2.05) is 32.9 Å². The molecule has 1 spiro atoms. The van der Waals surface area contributed by atoms with Crippen molar-refractivity contribution in [2.24, 2.45) is 22.6 Å². The lowest BCUT2D eigenvalue weighted by Crippen LogP contribution is -2.63. The third-order valence-corrected chi connectivity index (χ3v) is 6.20. The molecule has 0 aromatic carbocycles. The van der Waals surface area contributed by atoms with Crippen molar-refractivity contribution >= 4 is 18.2 Å². The first kappa shape index (κ1) is 22.9. The Kier molecular flexibility index (Phi) is 8.20. The van der Waals surface area contributed by atoms with Crippen LogP contribution in [0.1, 0.15) is 68.2 Å². The molecular formula is C22H35N5O2. The molecule has 0 bridgehead atoms. The van der Waals surface area contributed by atoms with Crippen molar-refractivity contribution in [1.82, 2.24) is 15.1 Å². The zero-order chi connectivity index (χ0) is 21.4. The number of aromatic nitrogens is 2. The van der Waals surface area contributed by atoms with E-state index in [9.17, 15) is 4.79 Å². The molecular weight excluding hydrogens is 366 g/mol. The first-order valence-corrected chi connectivity index (χ1v) is 10.6. The molecule has 1 aromatic rings. The van der Waals surface area contributed by atoms with Gasteiger partial charge in [-0.1, -0.05) is 26.8 Å². The van der Waals surface area contributed by atoms with Crippen LogP contribution in [-0.4, -0.2) is 51.0 Å². The zero-order valence-corrected chi connectivity index (χ0v) is 18.1. The number of aliphatic hydroxyl groups is 1. The molecule has 0 radical (unpaired) electrons. The maximum Gasteiger partial charge on any atom is 0.269 e. The predicted molar refractivity (Wildman–Crippen MR) is 118 cm³/mol. The van der Waals surface area contributed by atoms with Crippen LogP contribution in [0.4, 0.5) is 0 Å². The van der Waals surface area contributed by atoms with E-state index in [4.69, 9.17) is 10.8 Å². The minimum atomic E-state index is -0.550. The number of nitrogens with two attached hydrogens (primary N) is 1.